The van der Waals surface area contributed by atoms with Crippen molar-refractivity contribution in [1.82, 2.24) is 0 Å². The standard InChI is InChI=1S/C67H122O6/c1-4-7-10-13-16-19-22-25-28-31-32-33-34-35-37-39-42-45-48-51-54-57-60-66(69)72-63-64(62-71-65(68)59-56-53-50-47-44-41-38-30-27-24-21-18-15-12-9-6-3)73-67(70)61-58-55-52-49-46-43-40-36-29-26-23-20-17-14-11-8-5-2/h8,11,17,20,26,29-30,38,64H,4-7,9-10,12-16,18-19,21-25,27-28,31-37,39-63H2,1-3H3/b11-8-,20-17-,29-26-,38-30-. The van der Waals surface area contributed by atoms with Crippen molar-refractivity contribution in [3.63, 3.8) is 0 Å². The molecule has 0 bridgehead atoms. The van der Waals surface area contributed by atoms with Gasteiger partial charge in [0.25, 0.3) is 0 Å². The Morgan fingerprint density at radius 3 is 0.849 bits per heavy atom. The van der Waals surface area contributed by atoms with Gasteiger partial charge in [0.05, 0.1) is 0 Å². The zero-order valence-electron chi connectivity index (χ0n) is 48.9. The van der Waals surface area contributed by atoms with Crippen LogP contribution >= 0.6 is 0 Å². The SMILES string of the molecule is CC/C=C\C/C=C\C/C=C\CCCCCCCCCC(=O)OC(COC(=O)CCCCCCC/C=C\CCCCCCCCC)COC(=O)CCCCCCCCCCCCCCCCCCCCCCCC. The van der Waals surface area contributed by atoms with Crippen LogP contribution in [0.15, 0.2) is 48.6 Å². The third-order valence-corrected chi connectivity index (χ3v) is 14.3. The van der Waals surface area contributed by atoms with Crippen LogP contribution in [-0.4, -0.2) is 37.2 Å². The highest BCUT2D eigenvalue weighted by molar-refractivity contribution is 5.71. The van der Waals surface area contributed by atoms with Crippen LogP contribution in [0.5, 0.6) is 0 Å². The minimum atomic E-state index is -0.781. The van der Waals surface area contributed by atoms with Crippen molar-refractivity contribution in [2.75, 3.05) is 13.2 Å². The molecule has 0 rings (SSSR count). The summed E-state index contributed by atoms with van der Waals surface area (Å²) in [4.78, 5) is 38.3. The highest BCUT2D eigenvalue weighted by Crippen LogP contribution is 2.17. The number of carbonyl (C=O) groups is 3. The van der Waals surface area contributed by atoms with Crippen LogP contribution in [0, 0.1) is 0 Å². The number of rotatable bonds is 59. The fourth-order valence-electron chi connectivity index (χ4n) is 9.51. The predicted molar refractivity (Wildman–Crippen MR) is 316 cm³/mol. The molecule has 0 aliphatic rings. The topological polar surface area (TPSA) is 78.9 Å². The van der Waals surface area contributed by atoms with Crippen LogP contribution in [0.3, 0.4) is 0 Å². The quantitative estimate of drug-likeness (QED) is 0.0261. The number of hydrogen-bond acceptors (Lipinski definition) is 6. The Morgan fingerprint density at radius 1 is 0.288 bits per heavy atom. The summed E-state index contributed by atoms with van der Waals surface area (Å²) < 4.78 is 16.9. The van der Waals surface area contributed by atoms with Gasteiger partial charge in [-0.15, -0.1) is 0 Å². The molecule has 0 aromatic rings. The average Bonchev–Trinajstić information content (AvgIpc) is 3.39. The van der Waals surface area contributed by atoms with Crippen LogP contribution in [0.25, 0.3) is 0 Å². The molecule has 0 heterocycles. The highest BCUT2D eigenvalue weighted by atomic mass is 16.6. The molecule has 0 amide bonds. The Balaban J connectivity index is 4.32. The van der Waals surface area contributed by atoms with E-state index in [1.165, 1.54) is 212 Å². The molecule has 0 radical (unpaired) electrons. The highest BCUT2D eigenvalue weighted by Gasteiger charge is 2.19. The lowest BCUT2D eigenvalue weighted by atomic mass is 10.0. The zero-order chi connectivity index (χ0) is 52.9. The van der Waals surface area contributed by atoms with E-state index in [0.29, 0.717) is 19.3 Å². The lowest BCUT2D eigenvalue weighted by Crippen LogP contribution is -2.30. The minimum absolute atomic E-state index is 0.0762. The van der Waals surface area contributed by atoms with Gasteiger partial charge in [-0.2, -0.15) is 0 Å². The first-order chi connectivity index (χ1) is 36.0. The van der Waals surface area contributed by atoms with Gasteiger partial charge in [0.2, 0.25) is 0 Å². The second kappa shape index (κ2) is 61.9. The van der Waals surface area contributed by atoms with Crippen molar-refractivity contribution in [3.05, 3.63) is 48.6 Å². The summed E-state index contributed by atoms with van der Waals surface area (Å²) in [7, 11) is 0. The van der Waals surface area contributed by atoms with Crippen molar-refractivity contribution >= 4 is 17.9 Å². The van der Waals surface area contributed by atoms with Gasteiger partial charge in [0, 0.05) is 19.3 Å². The number of unbranched alkanes of at least 4 members (excludes halogenated alkanes) is 40. The van der Waals surface area contributed by atoms with Gasteiger partial charge in [-0.05, 0) is 77.0 Å². The average molecular weight is 1020 g/mol. The van der Waals surface area contributed by atoms with Crippen molar-refractivity contribution < 1.29 is 28.6 Å². The molecule has 426 valence electrons. The Labute approximate surface area is 454 Å². The first-order valence-electron chi connectivity index (χ1n) is 32.1. The van der Waals surface area contributed by atoms with E-state index >= 15 is 0 Å². The smallest absolute Gasteiger partial charge is 0.306 e. The van der Waals surface area contributed by atoms with Crippen molar-refractivity contribution in [3.8, 4) is 0 Å². The van der Waals surface area contributed by atoms with Gasteiger partial charge in [-0.3, -0.25) is 14.4 Å². The van der Waals surface area contributed by atoms with E-state index in [4.69, 9.17) is 14.2 Å². The van der Waals surface area contributed by atoms with Crippen LogP contribution in [-0.2, 0) is 28.6 Å². The first kappa shape index (κ1) is 70.4. The number of allylic oxidation sites excluding steroid dienone is 8. The molecular formula is C67H122O6. The zero-order valence-corrected chi connectivity index (χ0v) is 48.9. The molecule has 0 aliphatic carbocycles. The van der Waals surface area contributed by atoms with Gasteiger partial charge in [-0.1, -0.05) is 294 Å². The van der Waals surface area contributed by atoms with Gasteiger partial charge in [0.15, 0.2) is 6.10 Å². The Kier molecular flexibility index (Phi) is 59.7. The minimum Gasteiger partial charge on any atom is -0.462 e. The van der Waals surface area contributed by atoms with Crippen molar-refractivity contribution in [1.29, 1.82) is 0 Å². The summed E-state index contributed by atoms with van der Waals surface area (Å²) in [5, 5.41) is 0. The molecule has 73 heavy (non-hydrogen) atoms. The van der Waals surface area contributed by atoms with E-state index in [-0.39, 0.29) is 31.1 Å². The molecule has 0 N–H and O–H groups in total. The number of esters is 3. The van der Waals surface area contributed by atoms with Crippen LogP contribution in [0.4, 0.5) is 0 Å². The summed E-state index contributed by atoms with van der Waals surface area (Å²) in [5.41, 5.74) is 0. The largest absolute Gasteiger partial charge is 0.462 e. The molecule has 0 aromatic heterocycles. The van der Waals surface area contributed by atoms with E-state index < -0.39 is 6.10 Å². The van der Waals surface area contributed by atoms with E-state index in [9.17, 15) is 14.4 Å². The van der Waals surface area contributed by atoms with Crippen molar-refractivity contribution in [2.45, 2.75) is 348 Å². The molecule has 0 aromatic carbocycles. The molecule has 0 saturated heterocycles. The number of carbonyl (C=O) groups excluding carboxylic acids is 3. The monoisotopic (exact) mass is 1020 g/mol. The van der Waals surface area contributed by atoms with Crippen LogP contribution in [0.1, 0.15) is 342 Å². The molecule has 0 aliphatic heterocycles. The summed E-state index contributed by atoms with van der Waals surface area (Å²) in [6.07, 6.45) is 76.9. The van der Waals surface area contributed by atoms with Gasteiger partial charge < -0.3 is 14.2 Å². The lowest BCUT2D eigenvalue weighted by molar-refractivity contribution is -0.167. The number of hydrogen-bond donors (Lipinski definition) is 0. The second-order valence-corrected chi connectivity index (χ2v) is 21.6. The van der Waals surface area contributed by atoms with Crippen LogP contribution < -0.4 is 0 Å². The van der Waals surface area contributed by atoms with E-state index in [1.807, 2.05) is 0 Å². The molecule has 0 saturated carbocycles. The fourth-order valence-corrected chi connectivity index (χ4v) is 9.51. The maximum atomic E-state index is 12.9. The molecule has 1 atom stereocenters. The second-order valence-electron chi connectivity index (χ2n) is 21.6. The Hall–Kier alpha value is -2.63. The first-order valence-corrected chi connectivity index (χ1v) is 32.1. The molecule has 6 heteroatoms. The third-order valence-electron chi connectivity index (χ3n) is 14.3. The summed E-state index contributed by atoms with van der Waals surface area (Å²) in [6, 6.07) is 0. The third kappa shape index (κ3) is 60.1. The maximum Gasteiger partial charge on any atom is 0.306 e. The molecule has 0 spiro atoms. The Bertz CT molecular complexity index is 1270. The summed E-state index contributed by atoms with van der Waals surface area (Å²) in [5.74, 6) is -0.874. The van der Waals surface area contributed by atoms with Crippen LogP contribution in [0.2, 0.25) is 0 Å². The van der Waals surface area contributed by atoms with E-state index in [2.05, 4.69) is 69.4 Å². The molecule has 0 fully saturated rings. The maximum absolute atomic E-state index is 12.9. The van der Waals surface area contributed by atoms with Gasteiger partial charge in [0.1, 0.15) is 13.2 Å². The van der Waals surface area contributed by atoms with E-state index in [1.54, 1.807) is 0 Å². The summed E-state index contributed by atoms with van der Waals surface area (Å²) in [6.45, 7) is 6.57. The predicted octanol–water partition coefficient (Wildman–Crippen LogP) is 21.8. The normalized spacial score (nSPS) is 12.3. The summed E-state index contributed by atoms with van der Waals surface area (Å²) >= 11 is 0. The molecule has 6 nitrogen and oxygen atoms in total. The van der Waals surface area contributed by atoms with E-state index in [0.717, 1.165) is 89.9 Å². The lowest BCUT2D eigenvalue weighted by Gasteiger charge is -2.18. The number of ether oxygens (including phenoxy) is 3. The molecule has 1 unspecified atom stereocenters. The van der Waals surface area contributed by atoms with Crippen molar-refractivity contribution in [2.24, 2.45) is 0 Å². The van der Waals surface area contributed by atoms with Gasteiger partial charge >= 0.3 is 17.9 Å². The fraction of sp³-hybridized carbons (Fsp3) is 0.836. The van der Waals surface area contributed by atoms with Gasteiger partial charge in [-0.25, -0.2) is 0 Å². The molecular weight excluding hydrogens is 901 g/mol. The Morgan fingerprint density at radius 2 is 0.534 bits per heavy atom.